The second-order valence-electron chi connectivity index (χ2n) is 6.54. The van der Waals surface area contributed by atoms with E-state index in [1.807, 2.05) is 0 Å². The van der Waals surface area contributed by atoms with Crippen LogP contribution in [0.4, 0.5) is 13.2 Å². The van der Waals surface area contributed by atoms with Crippen molar-refractivity contribution in [1.82, 2.24) is 4.57 Å². The number of rotatable bonds is 3. The third kappa shape index (κ3) is 3.42. The largest absolute Gasteiger partial charge is 0.507 e. The number of esters is 1. The van der Waals surface area contributed by atoms with Gasteiger partial charge in [0.2, 0.25) is 0 Å². The highest BCUT2D eigenvalue weighted by Gasteiger charge is 2.31. The zero-order valence-electron chi connectivity index (χ0n) is 15.3. The summed E-state index contributed by atoms with van der Waals surface area (Å²) < 4.78 is 45.8. The number of hydrogen-bond donors (Lipinski definition) is 1. The highest BCUT2D eigenvalue weighted by Crippen LogP contribution is 2.36. The smallest absolute Gasteiger partial charge is 0.416 e. The molecule has 0 spiro atoms. The molecule has 28 heavy (non-hydrogen) atoms. The monoisotopic (exact) mass is 411 g/mol. The molecule has 0 aliphatic heterocycles. The fourth-order valence-corrected chi connectivity index (χ4v) is 3.54. The number of aromatic nitrogens is 1. The zero-order chi connectivity index (χ0) is 20.8. The van der Waals surface area contributed by atoms with E-state index in [0.717, 1.165) is 12.1 Å². The van der Waals surface area contributed by atoms with E-state index in [1.54, 1.807) is 24.6 Å². The summed E-state index contributed by atoms with van der Waals surface area (Å²) in [4.78, 5) is 11.8. The third-order valence-electron chi connectivity index (χ3n) is 4.65. The predicted octanol–water partition coefficient (Wildman–Crippen LogP) is 5.47. The van der Waals surface area contributed by atoms with Crippen LogP contribution in [0.25, 0.3) is 10.9 Å². The van der Waals surface area contributed by atoms with Crippen LogP contribution in [0.2, 0.25) is 5.02 Å². The van der Waals surface area contributed by atoms with Crippen molar-refractivity contribution in [3.05, 3.63) is 63.3 Å². The van der Waals surface area contributed by atoms with Gasteiger partial charge in [0.1, 0.15) is 11.3 Å². The predicted molar refractivity (Wildman–Crippen MR) is 100.0 cm³/mol. The summed E-state index contributed by atoms with van der Waals surface area (Å²) in [6.07, 6.45) is -2.75. The fraction of sp³-hybridized carbons (Fsp3) is 0.250. The number of benzene rings is 2. The SMILES string of the molecule is COC(=O)c1ccc(Cl)c(Cn2cc(C)c3cc(C(F)(F)F)cc(C)c32)c1O. The normalized spacial score (nSPS) is 11.8. The van der Waals surface area contributed by atoms with Gasteiger partial charge < -0.3 is 14.4 Å². The van der Waals surface area contributed by atoms with Crippen molar-refractivity contribution >= 4 is 28.5 Å². The molecule has 1 N–H and O–H groups in total. The van der Waals surface area contributed by atoms with Crippen LogP contribution < -0.4 is 0 Å². The fourth-order valence-electron chi connectivity index (χ4n) is 3.32. The van der Waals surface area contributed by atoms with Crippen molar-refractivity contribution in [3.8, 4) is 5.75 Å². The van der Waals surface area contributed by atoms with Gasteiger partial charge in [-0.15, -0.1) is 0 Å². The quantitative estimate of drug-likeness (QED) is 0.581. The molecule has 8 heteroatoms. The van der Waals surface area contributed by atoms with Gasteiger partial charge in [0.25, 0.3) is 0 Å². The maximum absolute atomic E-state index is 13.1. The Labute approximate surface area is 164 Å². The molecule has 1 aromatic heterocycles. The number of methoxy groups -OCH3 is 1. The third-order valence-corrected chi connectivity index (χ3v) is 5.00. The van der Waals surface area contributed by atoms with Gasteiger partial charge in [-0.3, -0.25) is 0 Å². The van der Waals surface area contributed by atoms with Crippen LogP contribution in [-0.2, 0) is 17.5 Å². The van der Waals surface area contributed by atoms with Crippen LogP contribution in [0.1, 0.15) is 32.6 Å². The van der Waals surface area contributed by atoms with E-state index in [-0.39, 0.29) is 28.4 Å². The Morgan fingerprint density at radius 1 is 1.21 bits per heavy atom. The summed E-state index contributed by atoms with van der Waals surface area (Å²) in [5, 5.41) is 11.2. The van der Waals surface area contributed by atoms with Gasteiger partial charge in [-0.2, -0.15) is 13.2 Å². The summed E-state index contributed by atoms with van der Waals surface area (Å²) in [7, 11) is 1.19. The number of aromatic hydroxyl groups is 1. The molecule has 0 unspecified atom stereocenters. The number of hydrogen-bond acceptors (Lipinski definition) is 3. The second kappa shape index (κ2) is 7.05. The number of nitrogens with zero attached hydrogens (tertiary/aromatic N) is 1. The first-order chi connectivity index (χ1) is 13.0. The highest BCUT2D eigenvalue weighted by atomic mass is 35.5. The standard InChI is InChI=1S/C20H17ClF3NO3/c1-10-6-12(20(22,23)24)7-14-11(2)8-25(17(10)14)9-15-16(21)5-4-13(18(15)26)19(27)28-3/h4-8,26H,9H2,1-3H3. The van der Waals surface area contributed by atoms with Crippen LogP contribution in [0.15, 0.2) is 30.5 Å². The Morgan fingerprint density at radius 2 is 1.89 bits per heavy atom. The summed E-state index contributed by atoms with van der Waals surface area (Å²) in [5.74, 6) is -1.03. The lowest BCUT2D eigenvalue weighted by Gasteiger charge is -2.14. The average Bonchev–Trinajstić information content (AvgIpc) is 2.93. The van der Waals surface area contributed by atoms with Crippen LogP contribution in [0.3, 0.4) is 0 Å². The number of phenolic OH excluding ortho intramolecular Hbond substituents is 1. The minimum atomic E-state index is -4.44. The number of carbonyl (C=O) groups excluding carboxylic acids is 1. The maximum Gasteiger partial charge on any atom is 0.416 e. The minimum absolute atomic E-state index is 0.0360. The number of alkyl halides is 3. The molecule has 0 bridgehead atoms. The van der Waals surface area contributed by atoms with Crippen molar-refractivity contribution in [3.63, 3.8) is 0 Å². The van der Waals surface area contributed by atoms with Gasteiger partial charge in [0.05, 0.1) is 24.7 Å². The molecular formula is C20H17ClF3NO3. The molecule has 3 aromatic rings. The number of ether oxygens (including phenoxy) is 1. The molecule has 0 atom stereocenters. The summed E-state index contributed by atoms with van der Waals surface area (Å²) >= 11 is 6.21. The van der Waals surface area contributed by atoms with E-state index in [2.05, 4.69) is 4.74 Å². The molecule has 4 nitrogen and oxygen atoms in total. The van der Waals surface area contributed by atoms with E-state index in [1.165, 1.54) is 19.2 Å². The highest BCUT2D eigenvalue weighted by molar-refractivity contribution is 6.31. The molecule has 148 valence electrons. The van der Waals surface area contributed by atoms with E-state index in [9.17, 15) is 23.1 Å². The van der Waals surface area contributed by atoms with Gasteiger partial charge in [0, 0.05) is 22.2 Å². The Bertz CT molecular complexity index is 1090. The topological polar surface area (TPSA) is 51.5 Å². The van der Waals surface area contributed by atoms with Crippen LogP contribution in [0, 0.1) is 13.8 Å². The van der Waals surface area contributed by atoms with Crippen molar-refractivity contribution in [2.45, 2.75) is 26.6 Å². The van der Waals surface area contributed by atoms with Gasteiger partial charge >= 0.3 is 12.1 Å². The molecule has 0 radical (unpaired) electrons. The molecule has 0 saturated heterocycles. The van der Waals surface area contributed by atoms with E-state index < -0.39 is 17.7 Å². The van der Waals surface area contributed by atoms with Crippen LogP contribution in [0.5, 0.6) is 5.75 Å². The number of carbonyl (C=O) groups is 1. The molecule has 0 saturated carbocycles. The molecule has 2 aromatic carbocycles. The lowest BCUT2D eigenvalue weighted by molar-refractivity contribution is -0.137. The van der Waals surface area contributed by atoms with Gasteiger partial charge in [-0.05, 0) is 49.2 Å². The molecule has 3 rings (SSSR count). The van der Waals surface area contributed by atoms with Gasteiger partial charge in [-0.1, -0.05) is 11.6 Å². The Balaban J connectivity index is 2.16. The Kier molecular flexibility index (Phi) is 5.06. The number of aryl methyl sites for hydroxylation is 2. The molecular weight excluding hydrogens is 395 g/mol. The molecule has 0 aliphatic rings. The van der Waals surface area contributed by atoms with Crippen LogP contribution in [-0.4, -0.2) is 22.8 Å². The summed E-state index contributed by atoms with van der Waals surface area (Å²) in [6.45, 7) is 3.39. The second-order valence-corrected chi connectivity index (χ2v) is 6.95. The van der Waals surface area contributed by atoms with E-state index in [4.69, 9.17) is 11.6 Å². The van der Waals surface area contributed by atoms with Crippen molar-refractivity contribution in [1.29, 1.82) is 0 Å². The lowest BCUT2D eigenvalue weighted by atomic mass is 10.0. The van der Waals surface area contributed by atoms with Crippen molar-refractivity contribution in [2.75, 3.05) is 7.11 Å². The van der Waals surface area contributed by atoms with E-state index in [0.29, 0.717) is 22.0 Å². The van der Waals surface area contributed by atoms with Gasteiger partial charge in [-0.25, -0.2) is 4.79 Å². The molecule has 0 aliphatic carbocycles. The average molecular weight is 412 g/mol. The summed E-state index contributed by atoms with van der Waals surface area (Å²) in [5.41, 5.74) is 1.23. The van der Waals surface area contributed by atoms with Crippen LogP contribution >= 0.6 is 11.6 Å². The number of halogens is 4. The zero-order valence-corrected chi connectivity index (χ0v) is 16.1. The van der Waals surface area contributed by atoms with E-state index >= 15 is 0 Å². The van der Waals surface area contributed by atoms with Crippen molar-refractivity contribution < 1.29 is 27.8 Å². The van der Waals surface area contributed by atoms with Crippen molar-refractivity contribution in [2.24, 2.45) is 0 Å². The minimum Gasteiger partial charge on any atom is -0.507 e. The number of phenols is 1. The lowest BCUT2D eigenvalue weighted by Crippen LogP contribution is -2.07. The molecule has 0 amide bonds. The first kappa shape index (κ1) is 20.1. The van der Waals surface area contributed by atoms with Gasteiger partial charge in [0.15, 0.2) is 0 Å². The maximum atomic E-state index is 13.1. The first-order valence-corrected chi connectivity index (χ1v) is 8.68. The Hall–Kier alpha value is -2.67. The Morgan fingerprint density at radius 3 is 2.50 bits per heavy atom. The summed E-state index contributed by atoms with van der Waals surface area (Å²) in [6, 6.07) is 5.02. The molecule has 1 heterocycles. The molecule has 0 fully saturated rings. The number of fused-ring (bicyclic) bond motifs is 1. The first-order valence-electron chi connectivity index (χ1n) is 8.30.